The van der Waals surface area contributed by atoms with Gasteiger partial charge in [-0.25, -0.2) is 0 Å². The lowest BCUT2D eigenvalue weighted by Crippen LogP contribution is -2.11. The van der Waals surface area contributed by atoms with Crippen molar-refractivity contribution in [2.75, 3.05) is 19.5 Å². The SMILES string of the molecule is COc1cc(NC(=O)c2ccc(O)cc2)cc(OC)c1. The first-order valence-electron chi connectivity index (χ1n) is 5.96. The van der Waals surface area contributed by atoms with Crippen LogP contribution in [0.4, 0.5) is 5.69 Å². The summed E-state index contributed by atoms with van der Waals surface area (Å²) in [5.41, 5.74) is 1.02. The van der Waals surface area contributed by atoms with Crippen LogP contribution in [0.3, 0.4) is 0 Å². The minimum atomic E-state index is -0.277. The standard InChI is InChI=1S/C15H15NO4/c1-19-13-7-11(8-14(9-13)20-2)16-15(18)10-3-5-12(17)6-4-10/h3-9,17H,1-2H3,(H,16,18). The first-order chi connectivity index (χ1) is 9.62. The van der Waals surface area contributed by atoms with E-state index in [1.807, 2.05) is 0 Å². The molecular weight excluding hydrogens is 258 g/mol. The highest BCUT2D eigenvalue weighted by molar-refractivity contribution is 6.04. The van der Waals surface area contributed by atoms with E-state index in [1.165, 1.54) is 12.1 Å². The number of hydrogen-bond acceptors (Lipinski definition) is 4. The van der Waals surface area contributed by atoms with Gasteiger partial charge in [-0.15, -0.1) is 0 Å². The van der Waals surface area contributed by atoms with Crippen LogP contribution in [0.5, 0.6) is 17.2 Å². The molecule has 5 heteroatoms. The second kappa shape index (κ2) is 5.97. The number of phenols is 1. The third-order valence-corrected chi connectivity index (χ3v) is 2.74. The Labute approximate surface area is 116 Å². The van der Waals surface area contributed by atoms with Gasteiger partial charge >= 0.3 is 0 Å². The van der Waals surface area contributed by atoms with E-state index in [2.05, 4.69) is 5.32 Å². The molecule has 0 fully saturated rings. The lowest BCUT2D eigenvalue weighted by Gasteiger charge is -2.10. The van der Waals surface area contributed by atoms with Crippen LogP contribution in [-0.2, 0) is 0 Å². The molecule has 2 N–H and O–H groups in total. The molecule has 2 aromatic rings. The van der Waals surface area contributed by atoms with Crippen LogP contribution in [-0.4, -0.2) is 25.2 Å². The normalized spacial score (nSPS) is 9.90. The molecule has 0 aliphatic rings. The number of carbonyl (C=O) groups excluding carboxylic acids is 1. The molecule has 1 amide bonds. The van der Waals surface area contributed by atoms with Gasteiger partial charge in [-0.3, -0.25) is 4.79 Å². The van der Waals surface area contributed by atoms with E-state index in [0.717, 1.165) is 0 Å². The van der Waals surface area contributed by atoms with Gasteiger partial charge in [0.25, 0.3) is 5.91 Å². The Kier molecular flexibility index (Phi) is 4.10. The van der Waals surface area contributed by atoms with Gasteiger partial charge in [-0.1, -0.05) is 0 Å². The second-order valence-electron chi connectivity index (χ2n) is 4.10. The Bertz CT molecular complexity index is 586. The Morgan fingerprint density at radius 1 is 1.00 bits per heavy atom. The molecule has 0 saturated carbocycles. The maximum Gasteiger partial charge on any atom is 0.255 e. The number of rotatable bonds is 4. The van der Waals surface area contributed by atoms with Gasteiger partial charge < -0.3 is 19.9 Å². The minimum absolute atomic E-state index is 0.115. The fourth-order valence-electron chi connectivity index (χ4n) is 1.70. The lowest BCUT2D eigenvalue weighted by atomic mass is 10.2. The van der Waals surface area contributed by atoms with Crippen molar-refractivity contribution < 1.29 is 19.4 Å². The summed E-state index contributed by atoms with van der Waals surface area (Å²) in [7, 11) is 3.08. The average Bonchev–Trinajstić information content (AvgIpc) is 2.47. The first kappa shape index (κ1) is 13.7. The molecule has 0 bridgehead atoms. The van der Waals surface area contributed by atoms with E-state index in [-0.39, 0.29) is 11.7 Å². The molecule has 2 aromatic carbocycles. The Hall–Kier alpha value is -2.69. The quantitative estimate of drug-likeness (QED) is 0.898. The van der Waals surface area contributed by atoms with Gasteiger partial charge in [0.15, 0.2) is 0 Å². The predicted octanol–water partition coefficient (Wildman–Crippen LogP) is 2.66. The minimum Gasteiger partial charge on any atom is -0.508 e. The first-order valence-corrected chi connectivity index (χ1v) is 5.96. The molecular formula is C15H15NO4. The van der Waals surface area contributed by atoms with Gasteiger partial charge in [0.2, 0.25) is 0 Å². The van der Waals surface area contributed by atoms with Crippen molar-refractivity contribution in [2.24, 2.45) is 0 Å². The molecule has 0 spiro atoms. The summed E-state index contributed by atoms with van der Waals surface area (Å²) in [5, 5.41) is 11.9. The zero-order valence-corrected chi connectivity index (χ0v) is 11.2. The number of amides is 1. The number of benzene rings is 2. The Morgan fingerprint density at radius 3 is 2.05 bits per heavy atom. The maximum atomic E-state index is 12.1. The number of phenolic OH excluding ortho intramolecular Hbond substituents is 1. The van der Waals surface area contributed by atoms with Gasteiger partial charge in [0.05, 0.1) is 14.2 Å². The number of hydrogen-bond donors (Lipinski definition) is 2. The molecule has 0 aliphatic carbocycles. The topological polar surface area (TPSA) is 67.8 Å². The van der Waals surface area contributed by atoms with Crippen LogP contribution < -0.4 is 14.8 Å². The summed E-state index contributed by atoms with van der Waals surface area (Å²) >= 11 is 0. The lowest BCUT2D eigenvalue weighted by molar-refractivity contribution is 0.102. The van der Waals surface area contributed by atoms with Crippen LogP contribution >= 0.6 is 0 Å². The summed E-state index contributed by atoms with van der Waals surface area (Å²) in [6, 6.07) is 11.1. The van der Waals surface area contributed by atoms with Crippen LogP contribution in [0, 0.1) is 0 Å². The van der Waals surface area contributed by atoms with Crippen molar-refractivity contribution >= 4 is 11.6 Å². The summed E-state index contributed by atoms with van der Waals surface area (Å²) in [6.45, 7) is 0. The van der Waals surface area contributed by atoms with Crippen LogP contribution in [0.25, 0.3) is 0 Å². The highest BCUT2D eigenvalue weighted by Gasteiger charge is 2.08. The zero-order chi connectivity index (χ0) is 14.5. The van der Waals surface area contributed by atoms with Crippen molar-refractivity contribution in [1.82, 2.24) is 0 Å². The summed E-state index contributed by atoms with van der Waals surface area (Å²) < 4.78 is 10.3. The van der Waals surface area contributed by atoms with Crippen LogP contribution in [0.2, 0.25) is 0 Å². The van der Waals surface area contributed by atoms with Crippen LogP contribution in [0.15, 0.2) is 42.5 Å². The number of ether oxygens (including phenoxy) is 2. The Balaban J connectivity index is 2.20. The highest BCUT2D eigenvalue weighted by Crippen LogP contribution is 2.26. The zero-order valence-electron chi connectivity index (χ0n) is 11.2. The molecule has 0 radical (unpaired) electrons. The molecule has 0 saturated heterocycles. The third kappa shape index (κ3) is 3.20. The van der Waals surface area contributed by atoms with E-state index in [9.17, 15) is 9.90 Å². The number of nitrogens with one attached hydrogen (secondary N) is 1. The monoisotopic (exact) mass is 273 g/mol. The van der Waals surface area contributed by atoms with Gasteiger partial charge in [0, 0.05) is 29.4 Å². The molecule has 20 heavy (non-hydrogen) atoms. The molecule has 0 aliphatic heterocycles. The van der Waals surface area contributed by atoms with Gasteiger partial charge in [0.1, 0.15) is 17.2 Å². The predicted molar refractivity (Wildman–Crippen MR) is 75.6 cm³/mol. The van der Waals surface area contributed by atoms with Crippen molar-refractivity contribution in [3.05, 3.63) is 48.0 Å². The van der Waals surface area contributed by atoms with Crippen molar-refractivity contribution in [1.29, 1.82) is 0 Å². The van der Waals surface area contributed by atoms with Crippen LogP contribution in [0.1, 0.15) is 10.4 Å². The molecule has 0 heterocycles. The smallest absolute Gasteiger partial charge is 0.255 e. The highest BCUT2D eigenvalue weighted by atomic mass is 16.5. The largest absolute Gasteiger partial charge is 0.508 e. The van der Waals surface area contributed by atoms with Crippen molar-refractivity contribution in [3.63, 3.8) is 0 Å². The third-order valence-electron chi connectivity index (χ3n) is 2.74. The number of anilines is 1. The number of carbonyl (C=O) groups is 1. The number of methoxy groups -OCH3 is 2. The van der Waals surface area contributed by atoms with E-state index in [4.69, 9.17) is 9.47 Å². The molecule has 0 unspecified atom stereocenters. The molecule has 104 valence electrons. The van der Waals surface area contributed by atoms with E-state index >= 15 is 0 Å². The molecule has 0 aromatic heterocycles. The summed E-state index contributed by atoms with van der Waals surface area (Å²) in [6.07, 6.45) is 0. The van der Waals surface area contributed by atoms with Gasteiger partial charge in [-0.2, -0.15) is 0 Å². The van der Waals surface area contributed by atoms with E-state index in [0.29, 0.717) is 22.7 Å². The van der Waals surface area contributed by atoms with Gasteiger partial charge in [-0.05, 0) is 24.3 Å². The number of aromatic hydroxyl groups is 1. The fraction of sp³-hybridized carbons (Fsp3) is 0.133. The summed E-state index contributed by atoms with van der Waals surface area (Å²) in [5.74, 6) is 1.01. The average molecular weight is 273 g/mol. The molecule has 2 rings (SSSR count). The molecule has 0 atom stereocenters. The second-order valence-corrected chi connectivity index (χ2v) is 4.10. The molecule has 5 nitrogen and oxygen atoms in total. The van der Waals surface area contributed by atoms with Crippen molar-refractivity contribution in [3.8, 4) is 17.2 Å². The van der Waals surface area contributed by atoms with Crippen molar-refractivity contribution in [2.45, 2.75) is 0 Å². The summed E-state index contributed by atoms with van der Waals surface area (Å²) in [4.78, 5) is 12.1. The van der Waals surface area contributed by atoms with E-state index in [1.54, 1.807) is 44.6 Å². The Morgan fingerprint density at radius 2 is 1.55 bits per heavy atom. The fourth-order valence-corrected chi connectivity index (χ4v) is 1.70. The maximum absolute atomic E-state index is 12.1. The van der Waals surface area contributed by atoms with E-state index < -0.39 is 0 Å².